The lowest BCUT2D eigenvalue weighted by Crippen LogP contribution is -2.58. The number of nitrogens with one attached hydrogen (secondary N) is 3. The van der Waals surface area contributed by atoms with Crippen LogP contribution in [0.5, 0.6) is 0 Å². The number of Topliss-reactive ketones (excluding diaryl/α,β-unsaturated/α-hetero) is 1. The predicted octanol–water partition coefficient (Wildman–Crippen LogP) is 1.25. The highest BCUT2D eigenvalue weighted by molar-refractivity contribution is 6.36. The molecule has 1 spiro atoms. The minimum absolute atomic E-state index is 0.109. The van der Waals surface area contributed by atoms with E-state index in [0.29, 0.717) is 34.2 Å². The summed E-state index contributed by atoms with van der Waals surface area (Å²) in [6, 6.07) is 2.35. The van der Waals surface area contributed by atoms with Crippen molar-refractivity contribution in [3.63, 3.8) is 0 Å². The van der Waals surface area contributed by atoms with Crippen LogP contribution in [0.15, 0.2) is 41.0 Å². The average Bonchev–Trinajstić information content (AvgIpc) is 3.10. The molecular formula is C18H18ClN5O2. The van der Waals surface area contributed by atoms with Crippen LogP contribution in [0.2, 0.25) is 0 Å². The van der Waals surface area contributed by atoms with Crippen LogP contribution in [-0.4, -0.2) is 39.3 Å². The van der Waals surface area contributed by atoms with Crippen LogP contribution in [0, 0.1) is 5.92 Å². The predicted molar refractivity (Wildman–Crippen MR) is 95.2 cm³/mol. The van der Waals surface area contributed by atoms with Gasteiger partial charge in [0.2, 0.25) is 5.91 Å². The molecule has 1 aromatic heterocycles. The summed E-state index contributed by atoms with van der Waals surface area (Å²) < 4.78 is 0. The number of fused-ring (bicyclic) bond motifs is 4. The summed E-state index contributed by atoms with van der Waals surface area (Å²) in [5, 5.41) is 10.1. The van der Waals surface area contributed by atoms with Crippen molar-refractivity contribution in [2.45, 2.75) is 43.3 Å². The third-order valence-corrected chi connectivity index (χ3v) is 6.22. The van der Waals surface area contributed by atoms with Gasteiger partial charge < -0.3 is 16.0 Å². The van der Waals surface area contributed by atoms with Gasteiger partial charge in [0.15, 0.2) is 5.78 Å². The molecule has 5 rings (SSSR count). The molecule has 0 aromatic carbocycles. The third kappa shape index (κ3) is 2.30. The highest BCUT2D eigenvalue weighted by Crippen LogP contribution is 2.48. The van der Waals surface area contributed by atoms with Crippen molar-refractivity contribution in [2.75, 3.05) is 5.32 Å². The lowest BCUT2D eigenvalue weighted by Gasteiger charge is -2.42. The van der Waals surface area contributed by atoms with E-state index in [2.05, 4.69) is 25.9 Å². The molecule has 3 unspecified atom stereocenters. The Hall–Kier alpha value is -2.25. The van der Waals surface area contributed by atoms with E-state index in [1.807, 2.05) is 0 Å². The van der Waals surface area contributed by atoms with Crippen molar-refractivity contribution in [2.24, 2.45) is 5.92 Å². The highest BCUT2D eigenvalue weighted by atomic mass is 35.5. The van der Waals surface area contributed by atoms with Gasteiger partial charge in [0.25, 0.3) is 0 Å². The SMILES string of the molecule is O=C1NC2(CC3CCC(C2)N3)C2C(=O)C(Nc3ccncn3)=CC(Cl)=C12. The third-order valence-electron chi connectivity index (χ3n) is 5.91. The van der Waals surface area contributed by atoms with Crippen molar-refractivity contribution in [1.29, 1.82) is 0 Å². The van der Waals surface area contributed by atoms with Gasteiger partial charge in [-0.05, 0) is 37.8 Å². The topological polar surface area (TPSA) is 96.0 Å². The van der Waals surface area contributed by atoms with Gasteiger partial charge in [-0.15, -0.1) is 0 Å². The van der Waals surface area contributed by atoms with Crippen molar-refractivity contribution < 1.29 is 9.59 Å². The number of nitrogens with zero attached hydrogens (tertiary/aromatic N) is 2. The first kappa shape index (κ1) is 16.0. The Bertz CT molecular complexity index is 854. The number of allylic oxidation sites excluding steroid dienone is 3. The molecule has 4 heterocycles. The van der Waals surface area contributed by atoms with E-state index in [-0.39, 0.29) is 11.7 Å². The van der Waals surface area contributed by atoms with Crippen LogP contribution in [0.25, 0.3) is 0 Å². The molecule has 8 heteroatoms. The maximum Gasteiger partial charge on any atom is 0.250 e. The molecule has 1 aliphatic carbocycles. The lowest BCUT2D eigenvalue weighted by molar-refractivity contribution is -0.120. The van der Waals surface area contributed by atoms with Gasteiger partial charge in [0.1, 0.15) is 12.1 Å². The van der Waals surface area contributed by atoms with E-state index in [9.17, 15) is 9.59 Å². The normalized spacial score (nSPS) is 35.4. The molecule has 3 N–H and O–H groups in total. The molecule has 0 radical (unpaired) electrons. The second-order valence-electron chi connectivity index (χ2n) is 7.49. The van der Waals surface area contributed by atoms with Gasteiger partial charge in [-0.1, -0.05) is 11.6 Å². The quantitative estimate of drug-likeness (QED) is 0.724. The largest absolute Gasteiger partial charge is 0.346 e. The number of hydrogen-bond acceptors (Lipinski definition) is 6. The number of halogens is 1. The number of anilines is 1. The molecule has 3 aliphatic heterocycles. The number of carbonyl (C=O) groups excluding carboxylic acids is 2. The van der Waals surface area contributed by atoms with Gasteiger partial charge in [-0.3, -0.25) is 9.59 Å². The Morgan fingerprint density at radius 2 is 2.00 bits per heavy atom. The number of ketones is 1. The Morgan fingerprint density at radius 1 is 1.23 bits per heavy atom. The van der Waals surface area contributed by atoms with Crippen LogP contribution < -0.4 is 16.0 Å². The van der Waals surface area contributed by atoms with E-state index >= 15 is 0 Å². The van der Waals surface area contributed by atoms with E-state index in [4.69, 9.17) is 11.6 Å². The van der Waals surface area contributed by atoms with Crippen molar-refractivity contribution >= 4 is 29.1 Å². The average molecular weight is 372 g/mol. The van der Waals surface area contributed by atoms with Gasteiger partial charge in [0.05, 0.1) is 22.2 Å². The zero-order chi connectivity index (χ0) is 17.9. The molecule has 1 amide bonds. The minimum Gasteiger partial charge on any atom is -0.346 e. The fraction of sp³-hybridized carbons (Fsp3) is 0.444. The number of carbonyl (C=O) groups is 2. The molecular weight excluding hydrogens is 354 g/mol. The van der Waals surface area contributed by atoms with Crippen molar-refractivity contribution in [3.8, 4) is 0 Å². The molecule has 1 aromatic rings. The number of rotatable bonds is 2. The monoisotopic (exact) mass is 371 g/mol. The molecule has 3 saturated heterocycles. The number of piperidine rings is 1. The summed E-state index contributed by atoms with van der Waals surface area (Å²) in [6.07, 6.45) is 8.20. The Kier molecular flexibility index (Phi) is 3.45. The van der Waals surface area contributed by atoms with E-state index in [1.54, 1.807) is 12.3 Å². The molecule has 4 aliphatic rings. The molecule has 3 atom stereocenters. The molecule has 7 nitrogen and oxygen atoms in total. The lowest BCUT2D eigenvalue weighted by atomic mass is 9.70. The maximum atomic E-state index is 13.3. The Balaban J connectivity index is 1.53. The second kappa shape index (κ2) is 5.62. The minimum atomic E-state index is -0.554. The molecule has 0 saturated carbocycles. The van der Waals surface area contributed by atoms with E-state index in [0.717, 1.165) is 25.7 Å². The van der Waals surface area contributed by atoms with Gasteiger partial charge in [-0.2, -0.15) is 0 Å². The summed E-state index contributed by atoms with van der Waals surface area (Å²) in [4.78, 5) is 33.9. The van der Waals surface area contributed by atoms with Gasteiger partial charge >= 0.3 is 0 Å². The van der Waals surface area contributed by atoms with E-state index in [1.165, 1.54) is 12.4 Å². The number of amides is 1. The van der Waals surface area contributed by atoms with Crippen LogP contribution >= 0.6 is 11.6 Å². The molecule has 134 valence electrons. The van der Waals surface area contributed by atoms with E-state index < -0.39 is 11.5 Å². The summed E-state index contributed by atoms with van der Waals surface area (Å²) in [6.45, 7) is 0. The fourth-order valence-corrected chi connectivity index (χ4v) is 5.26. The standard InChI is InChI=1S/C18H18ClN5O2/c19-11-5-12(23-13-3-4-20-8-21-13)16(25)15-14(11)17(26)24-18(15)6-9-1-2-10(7-18)22-9/h3-5,8-10,15,22H,1-2,6-7H2,(H,24,26)(H,20,21,23). The van der Waals surface area contributed by atoms with Crippen molar-refractivity contribution in [1.82, 2.24) is 20.6 Å². The zero-order valence-corrected chi connectivity index (χ0v) is 14.7. The van der Waals surface area contributed by atoms with Crippen molar-refractivity contribution in [3.05, 3.63) is 41.0 Å². The summed E-state index contributed by atoms with van der Waals surface area (Å²) in [5.41, 5.74) is 0.225. The van der Waals surface area contributed by atoms with Crippen LogP contribution in [0.1, 0.15) is 25.7 Å². The number of aromatic nitrogens is 2. The smallest absolute Gasteiger partial charge is 0.250 e. The Labute approximate surface area is 155 Å². The first-order chi connectivity index (χ1) is 12.6. The summed E-state index contributed by atoms with van der Waals surface area (Å²) in [5.74, 6) is -0.360. The summed E-state index contributed by atoms with van der Waals surface area (Å²) >= 11 is 6.43. The molecule has 3 fully saturated rings. The summed E-state index contributed by atoms with van der Waals surface area (Å²) in [7, 11) is 0. The van der Waals surface area contributed by atoms with Crippen LogP contribution in [0.4, 0.5) is 5.82 Å². The Morgan fingerprint density at radius 3 is 2.69 bits per heavy atom. The maximum absolute atomic E-state index is 13.3. The fourth-order valence-electron chi connectivity index (χ4n) is 4.96. The van der Waals surface area contributed by atoms with Crippen LogP contribution in [-0.2, 0) is 9.59 Å². The first-order valence-electron chi connectivity index (χ1n) is 8.83. The first-order valence-corrected chi connectivity index (χ1v) is 9.21. The zero-order valence-electron chi connectivity index (χ0n) is 14.0. The highest BCUT2D eigenvalue weighted by Gasteiger charge is 2.59. The molecule has 2 bridgehead atoms. The van der Waals surface area contributed by atoms with Crippen LogP contribution in [0.3, 0.4) is 0 Å². The number of hydrogen-bond donors (Lipinski definition) is 3. The van der Waals surface area contributed by atoms with Gasteiger partial charge in [0, 0.05) is 23.9 Å². The second-order valence-corrected chi connectivity index (χ2v) is 7.90. The van der Waals surface area contributed by atoms with Gasteiger partial charge in [-0.25, -0.2) is 9.97 Å². The molecule has 26 heavy (non-hydrogen) atoms.